The molecule has 2 N–H and O–H groups in total. The van der Waals surface area contributed by atoms with Crippen LogP contribution >= 0.6 is 11.6 Å². The molecule has 0 aliphatic rings. The summed E-state index contributed by atoms with van der Waals surface area (Å²) in [4.78, 5) is 8.01. The SMILES string of the molecule is FC(F)(F)Oc1ccc(Nc2ncc(Cl)c(Nc3cccc(C(F)(F)F)c3)n2)cc1. The zero-order chi connectivity index (χ0) is 21.9. The molecule has 2 aromatic carbocycles. The van der Waals surface area contributed by atoms with E-state index >= 15 is 0 Å². The van der Waals surface area contributed by atoms with E-state index in [0.29, 0.717) is 5.69 Å². The third-order valence-electron chi connectivity index (χ3n) is 3.54. The van der Waals surface area contributed by atoms with E-state index in [2.05, 4.69) is 25.3 Å². The van der Waals surface area contributed by atoms with Crippen molar-refractivity contribution in [1.29, 1.82) is 0 Å². The second-order valence-corrected chi connectivity index (χ2v) is 6.20. The molecule has 158 valence electrons. The van der Waals surface area contributed by atoms with Crippen LogP contribution in [-0.4, -0.2) is 16.3 Å². The molecule has 3 aromatic rings. The molecule has 1 aromatic heterocycles. The van der Waals surface area contributed by atoms with E-state index in [9.17, 15) is 26.3 Å². The number of benzene rings is 2. The Morgan fingerprint density at radius 3 is 2.20 bits per heavy atom. The van der Waals surface area contributed by atoms with Gasteiger partial charge in [-0.2, -0.15) is 18.2 Å². The van der Waals surface area contributed by atoms with Gasteiger partial charge in [-0.25, -0.2) is 4.98 Å². The van der Waals surface area contributed by atoms with Crippen LogP contribution in [-0.2, 0) is 6.18 Å². The van der Waals surface area contributed by atoms with Gasteiger partial charge in [-0.3, -0.25) is 0 Å². The molecule has 0 aliphatic carbocycles. The van der Waals surface area contributed by atoms with E-state index in [1.165, 1.54) is 30.5 Å². The summed E-state index contributed by atoms with van der Waals surface area (Å²) in [5, 5.41) is 5.47. The van der Waals surface area contributed by atoms with Gasteiger partial charge < -0.3 is 15.4 Å². The van der Waals surface area contributed by atoms with Gasteiger partial charge in [0, 0.05) is 11.4 Å². The van der Waals surface area contributed by atoms with E-state index in [1.807, 2.05) is 0 Å². The van der Waals surface area contributed by atoms with Crippen molar-refractivity contribution >= 4 is 34.7 Å². The minimum Gasteiger partial charge on any atom is -0.406 e. The smallest absolute Gasteiger partial charge is 0.406 e. The predicted octanol–water partition coefficient (Wildman–Crippen LogP) is 6.53. The van der Waals surface area contributed by atoms with Gasteiger partial charge in [0.05, 0.1) is 11.8 Å². The molecule has 0 spiro atoms. The number of nitrogens with zero attached hydrogens (tertiary/aromatic N) is 2. The van der Waals surface area contributed by atoms with E-state index in [1.54, 1.807) is 0 Å². The summed E-state index contributed by atoms with van der Waals surface area (Å²) in [6.07, 6.45) is -8.10. The average molecular weight is 449 g/mol. The fourth-order valence-electron chi connectivity index (χ4n) is 2.29. The zero-order valence-electron chi connectivity index (χ0n) is 14.6. The number of hydrogen-bond donors (Lipinski definition) is 2. The van der Waals surface area contributed by atoms with Gasteiger partial charge in [-0.05, 0) is 42.5 Å². The Kier molecular flexibility index (Phi) is 5.92. The summed E-state index contributed by atoms with van der Waals surface area (Å²) in [6, 6.07) is 9.24. The molecule has 30 heavy (non-hydrogen) atoms. The monoisotopic (exact) mass is 448 g/mol. The van der Waals surface area contributed by atoms with Gasteiger partial charge in [0.15, 0.2) is 5.82 Å². The van der Waals surface area contributed by atoms with Gasteiger partial charge in [-0.1, -0.05) is 17.7 Å². The number of alkyl halides is 6. The van der Waals surface area contributed by atoms with Crippen molar-refractivity contribution in [3.63, 3.8) is 0 Å². The molecule has 1 heterocycles. The van der Waals surface area contributed by atoms with E-state index in [0.717, 1.165) is 24.3 Å². The minimum absolute atomic E-state index is 0.0124. The molecular weight excluding hydrogens is 438 g/mol. The van der Waals surface area contributed by atoms with E-state index in [-0.39, 0.29) is 22.5 Å². The molecule has 5 nitrogen and oxygen atoms in total. The van der Waals surface area contributed by atoms with E-state index in [4.69, 9.17) is 11.6 Å². The summed E-state index contributed by atoms with van der Waals surface area (Å²) in [5.41, 5.74) is -0.404. The summed E-state index contributed by atoms with van der Waals surface area (Å²) >= 11 is 6.00. The number of ether oxygens (including phenoxy) is 1. The maximum absolute atomic E-state index is 12.9. The topological polar surface area (TPSA) is 59.1 Å². The number of nitrogens with one attached hydrogen (secondary N) is 2. The Labute approximate surface area is 170 Å². The van der Waals surface area contributed by atoms with E-state index < -0.39 is 23.9 Å². The molecule has 0 amide bonds. The normalized spacial score (nSPS) is 11.8. The average Bonchev–Trinajstić information content (AvgIpc) is 2.64. The lowest BCUT2D eigenvalue weighted by Crippen LogP contribution is -2.17. The lowest BCUT2D eigenvalue weighted by Gasteiger charge is -2.12. The highest BCUT2D eigenvalue weighted by atomic mass is 35.5. The summed E-state index contributed by atoms with van der Waals surface area (Å²) in [6.45, 7) is 0. The molecular formula is C18H11ClF6N4O. The van der Waals surface area contributed by atoms with Crippen LogP contribution in [0.15, 0.2) is 54.7 Å². The number of rotatable bonds is 5. The lowest BCUT2D eigenvalue weighted by atomic mass is 10.2. The molecule has 0 unspecified atom stereocenters. The molecule has 0 radical (unpaired) electrons. The van der Waals surface area contributed by atoms with Crippen LogP contribution < -0.4 is 15.4 Å². The Morgan fingerprint density at radius 2 is 1.57 bits per heavy atom. The second-order valence-electron chi connectivity index (χ2n) is 5.79. The highest BCUT2D eigenvalue weighted by Crippen LogP contribution is 2.32. The fraction of sp³-hybridized carbons (Fsp3) is 0.111. The third kappa shape index (κ3) is 5.89. The largest absolute Gasteiger partial charge is 0.573 e. The predicted molar refractivity (Wildman–Crippen MR) is 98.2 cm³/mol. The number of aromatic nitrogens is 2. The zero-order valence-corrected chi connectivity index (χ0v) is 15.4. The Hall–Kier alpha value is -3.21. The Morgan fingerprint density at radius 1 is 0.867 bits per heavy atom. The second kappa shape index (κ2) is 8.27. The van der Waals surface area contributed by atoms with Crippen molar-refractivity contribution < 1.29 is 31.1 Å². The van der Waals surface area contributed by atoms with Crippen LogP contribution in [0.4, 0.5) is 49.5 Å². The lowest BCUT2D eigenvalue weighted by molar-refractivity contribution is -0.274. The van der Waals surface area contributed by atoms with Gasteiger partial charge in [0.2, 0.25) is 5.95 Å². The van der Waals surface area contributed by atoms with Gasteiger partial charge in [0.1, 0.15) is 10.8 Å². The number of hydrogen-bond acceptors (Lipinski definition) is 5. The molecule has 0 aliphatic heterocycles. The Balaban J connectivity index is 1.76. The van der Waals surface area contributed by atoms with Crippen LogP contribution in [0.2, 0.25) is 5.02 Å². The van der Waals surface area contributed by atoms with Gasteiger partial charge in [-0.15, -0.1) is 13.2 Å². The first-order valence-corrected chi connectivity index (χ1v) is 8.47. The van der Waals surface area contributed by atoms with Gasteiger partial charge in [0.25, 0.3) is 0 Å². The highest BCUT2D eigenvalue weighted by molar-refractivity contribution is 6.32. The van der Waals surface area contributed by atoms with Crippen molar-refractivity contribution in [2.75, 3.05) is 10.6 Å². The summed E-state index contributed by atoms with van der Waals surface area (Å²) in [5.74, 6) is -0.360. The first-order chi connectivity index (χ1) is 14.0. The maximum Gasteiger partial charge on any atom is 0.573 e. The minimum atomic E-state index is -4.81. The highest BCUT2D eigenvalue weighted by Gasteiger charge is 2.31. The van der Waals surface area contributed by atoms with Crippen molar-refractivity contribution in [3.8, 4) is 5.75 Å². The van der Waals surface area contributed by atoms with Crippen molar-refractivity contribution in [2.45, 2.75) is 12.5 Å². The van der Waals surface area contributed by atoms with Crippen LogP contribution in [0.5, 0.6) is 5.75 Å². The van der Waals surface area contributed by atoms with Crippen molar-refractivity contribution in [1.82, 2.24) is 9.97 Å². The Bertz CT molecular complexity index is 1020. The summed E-state index contributed by atoms with van der Waals surface area (Å²) < 4.78 is 78.9. The van der Waals surface area contributed by atoms with Crippen LogP contribution in [0.1, 0.15) is 5.56 Å². The molecule has 0 bridgehead atoms. The standard InChI is InChI=1S/C18H11ClF6N4O/c19-14-9-26-16(28-11-4-6-13(7-5-11)30-18(23,24)25)29-15(14)27-12-3-1-2-10(8-12)17(20,21)22/h1-9H,(H2,26,27,28,29). The molecule has 0 fully saturated rings. The number of anilines is 4. The van der Waals surface area contributed by atoms with Crippen LogP contribution in [0, 0.1) is 0 Å². The molecule has 3 rings (SSSR count). The number of halogens is 7. The first kappa shape index (κ1) is 21.5. The van der Waals surface area contributed by atoms with Crippen LogP contribution in [0.25, 0.3) is 0 Å². The van der Waals surface area contributed by atoms with Crippen molar-refractivity contribution in [2.24, 2.45) is 0 Å². The molecule has 0 atom stereocenters. The third-order valence-corrected chi connectivity index (χ3v) is 3.82. The first-order valence-electron chi connectivity index (χ1n) is 8.09. The van der Waals surface area contributed by atoms with Gasteiger partial charge >= 0.3 is 12.5 Å². The molecule has 0 saturated carbocycles. The maximum atomic E-state index is 12.9. The molecule has 12 heteroatoms. The molecule has 0 saturated heterocycles. The van der Waals surface area contributed by atoms with Crippen LogP contribution in [0.3, 0.4) is 0 Å². The quantitative estimate of drug-likeness (QED) is 0.434. The summed E-state index contributed by atoms with van der Waals surface area (Å²) in [7, 11) is 0. The van der Waals surface area contributed by atoms with Crippen molar-refractivity contribution in [3.05, 3.63) is 65.3 Å². The fourth-order valence-corrected chi connectivity index (χ4v) is 2.43.